The van der Waals surface area contributed by atoms with Gasteiger partial charge in [0.25, 0.3) is 0 Å². The van der Waals surface area contributed by atoms with Crippen LogP contribution in [0.2, 0.25) is 0 Å². The first-order valence-electron chi connectivity index (χ1n) is 4.02. The van der Waals surface area contributed by atoms with E-state index in [1.54, 1.807) is 0 Å². The third kappa shape index (κ3) is 6.27. The molecule has 0 aromatic heterocycles. The average Bonchev–Trinajstić information content (AvgIpc) is 1.83. The van der Waals surface area contributed by atoms with E-state index in [-0.39, 0.29) is 12.1 Å². The van der Waals surface area contributed by atoms with E-state index in [2.05, 4.69) is 0 Å². The standard InChI is InChI=1S/C9H18F2/c1-8(2,7-10)5-6-9(3,4)11/h5-7H2,1-4H3. The lowest BCUT2D eigenvalue weighted by Crippen LogP contribution is -2.20. The second-order valence-electron chi connectivity index (χ2n) is 4.52. The van der Waals surface area contributed by atoms with Crippen LogP contribution < -0.4 is 0 Å². The molecule has 0 amide bonds. The van der Waals surface area contributed by atoms with Gasteiger partial charge in [0.2, 0.25) is 0 Å². The fourth-order valence-corrected chi connectivity index (χ4v) is 0.702. The van der Waals surface area contributed by atoms with Gasteiger partial charge in [0.05, 0.1) is 6.67 Å². The first-order chi connectivity index (χ1) is 4.77. The number of alkyl halides is 2. The molecule has 0 spiro atoms. The summed E-state index contributed by atoms with van der Waals surface area (Å²) < 4.78 is 25.2. The molecule has 0 aromatic carbocycles. The molecule has 0 atom stereocenters. The van der Waals surface area contributed by atoms with Crippen molar-refractivity contribution in [1.82, 2.24) is 0 Å². The zero-order chi connectivity index (χ0) is 9.12. The van der Waals surface area contributed by atoms with Crippen LogP contribution in [0.25, 0.3) is 0 Å². The maximum atomic E-state index is 12.9. The van der Waals surface area contributed by atoms with Crippen molar-refractivity contribution in [2.45, 2.75) is 46.2 Å². The molecule has 0 rings (SSSR count). The Morgan fingerprint density at radius 2 is 1.45 bits per heavy atom. The fraction of sp³-hybridized carbons (Fsp3) is 1.00. The highest BCUT2D eigenvalue weighted by Crippen LogP contribution is 2.28. The van der Waals surface area contributed by atoms with E-state index in [1.165, 1.54) is 13.8 Å². The van der Waals surface area contributed by atoms with Gasteiger partial charge in [-0.1, -0.05) is 13.8 Å². The van der Waals surface area contributed by atoms with Crippen molar-refractivity contribution < 1.29 is 8.78 Å². The Balaban J connectivity index is 3.70. The lowest BCUT2D eigenvalue weighted by molar-refractivity contribution is 0.149. The maximum absolute atomic E-state index is 12.9. The molecule has 0 heterocycles. The first-order valence-corrected chi connectivity index (χ1v) is 4.02. The summed E-state index contributed by atoms with van der Waals surface area (Å²) in [7, 11) is 0. The Morgan fingerprint density at radius 3 is 1.73 bits per heavy atom. The second-order valence-corrected chi connectivity index (χ2v) is 4.52. The molecular formula is C9H18F2. The van der Waals surface area contributed by atoms with Crippen LogP contribution >= 0.6 is 0 Å². The van der Waals surface area contributed by atoms with Crippen LogP contribution in [0.5, 0.6) is 0 Å². The van der Waals surface area contributed by atoms with Gasteiger partial charge >= 0.3 is 0 Å². The monoisotopic (exact) mass is 164 g/mol. The minimum Gasteiger partial charge on any atom is -0.251 e. The summed E-state index contributed by atoms with van der Waals surface area (Å²) in [6.45, 7) is 6.32. The highest BCUT2D eigenvalue weighted by Gasteiger charge is 2.23. The predicted octanol–water partition coefficient (Wildman–Crippen LogP) is 3.51. The van der Waals surface area contributed by atoms with Crippen LogP contribution in [0.4, 0.5) is 8.78 Å². The molecule has 0 aliphatic rings. The minimum absolute atomic E-state index is 0.358. The van der Waals surface area contributed by atoms with Crippen LogP contribution in [0.1, 0.15) is 40.5 Å². The van der Waals surface area contributed by atoms with E-state index < -0.39 is 5.67 Å². The molecule has 2 heteroatoms. The summed E-state index contributed by atoms with van der Waals surface area (Å²) in [5.41, 5.74) is -1.52. The third-order valence-corrected chi connectivity index (χ3v) is 1.76. The molecule has 11 heavy (non-hydrogen) atoms. The van der Waals surface area contributed by atoms with Crippen LogP contribution in [-0.4, -0.2) is 12.3 Å². The minimum atomic E-state index is -1.16. The van der Waals surface area contributed by atoms with Gasteiger partial charge in [-0.2, -0.15) is 0 Å². The molecule has 0 aliphatic heterocycles. The average molecular weight is 164 g/mol. The largest absolute Gasteiger partial charge is 0.251 e. The summed E-state index contributed by atoms with van der Waals surface area (Å²) in [6, 6.07) is 0. The van der Waals surface area contributed by atoms with E-state index >= 15 is 0 Å². The number of hydrogen-bond donors (Lipinski definition) is 0. The molecule has 68 valence electrons. The van der Waals surface area contributed by atoms with Gasteiger partial charge in [0.1, 0.15) is 5.67 Å². The van der Waals surface area contributed by atoms with Gasteiger partial charge in [-0.05, 0) is 32.1 Å². The highest BCUT2D eigenvalue weighted by molar-refractivity contribution is 4.73. The lowest BCUT2D eigenvalue weighted by atomic mass is 9.86. The Bertz CT molecular complexity index is 111. The second kappa shape index (κ2) is 3.51. The Labute approximate surface area is 68.0 Å². The topological polar surface area (TPSA) is 0 Å². The molecular weight excluding hydrogens is 146 g/mol. The van der Waals surface area contributed by atoms with Gasteiger partial charge in [-0.15, -0.1) is 0 Å². The fourth-order valence-electron chi connectivity index (χ4n) is 0.702. The van der Waals surface area contributed by atoms with Gasteiger partial charge < -0.3 is 0 Å². The third-order valence-electron chi connectivity index (χ3n) is 1.76. The molecule has 0 unspecified atom stereocenters. The van der Waals surface area contributed by atoms with Crippen LogP contribution in [0.15, 0.2) is 0 Å². The van der Waals surface area contributed by atoms with Crippen LogP contribution in [-0.2, 0) is 0 Å². The van der Waals surface area contributed by atoms with Crippen molar-refractivity contribution >= 4 is 0 Å². The van der Waals surface area contributed by atoms with Crippen LogP contribution in [0.3, 0.4) is 0 Å². The smallest absolute Gasteiger partial charge is 0.105 e. The highest BCUT2D eigenvalue weighted by atomic mass is 19.1. The number of halogens is 2. The quantitative estimate of drug-likeness (QED) is 0.596. The number of rotatable bonds is 4. The zero-order valence-corrected chi connectivity index (χ0v) is 7.88. The van der Waals surface area contributed by atoms with Gasteiger partial charge in [-0.3, -0.25) is 4.39 Å². The first kappa shape index (κ1) is 10.9. The predicted molar refractivity (Wildman–Crippen MR) is 44.2 cm³/mol. The molecule has 0 aromatic rings. The molecule has 0 radical (unpaired) electrons. The van der Waals surface area contributed by atoms with Crippen LogP contribution in [0, 0.1) is 5.41 Å². The maximum Gasteiger partial charge on any atom is 0.105 e. The van der Waals surface area contributed by atoms with Gasteiger partial charge in [0.15, 0.2) is 0 Å². The molecule has 0 nitrogen and oxygen atoms in total. The van der Waals surface area contributed by atoms with Crippen molar-refractivity contribution in [2.24, 2.45) is 5.41 Å². The molecule has 0 bridgehead atoms. The summed E-state index contributed by atoms with van der Waals surface area (Å²) in [6.07, 6.45) is 1.04. The SMILES string of the molecule is CC(C)(F)CCC(C)(C)CF. The normalized spacial score (nSPS) is 13.6. The Kier molecular flexibility index (Phi) is 3.46. The lowest BCUT2D eigenvalue weighted by Gasteiger charge is -2.23. The summed E-state index contributed by atoms with van der Waals surface area (Å²) >= 11 is 0. The molecule has 0 saturated heterocycles. The Hall–Kier alpha value is -0.140. The molecule has 0 aliphatic carbocycles. The molecule has 0 saturated carbocycles. The molecule has 0 fully saturated rings. The van der Waals surface area contributed by atoms with E-state index in [9.17, 15) is 8.78 Å². The molecule has 0 N–H and O–H groups in total. The van der Waals surface area contributed by atoms with Crippen molar-refractivity contribution in [3.05, 3.63) is 0 Å². The summed E-state index contributed by atoms with van der Waals surface area (Å²) in [4.78, 5) is 0. The number of hydrogen-bond acceptors (Lipinski definition) is 0. The zero-order valence-electron chi connectivity index (χ0n) is 7.88. The van der Waals surface area contributed by atoms with Gasteiger partial charge in [-0.25, -0.2) is 4.39 Å². The van der Waals surface area contributed by atoms with E-state index in [4.69, 9.17) is 0 Å². The Morgan fingerprint density at radius 1 is 1.00 bits per heavy atom. The van der Waals surface area contributed by atoms with E-state index in [0.29, 0.717) is 12.8 Å². The summed E-state index contributed by atoms with van der Waals surface area (Å²) in [5.74, 6) is 0. The van der Waals surface area contributed by atoms with E-state index in [1.807, 2.05) is 13.8 Å². The van der Waals surface area contributed by atoms with Crippen molar-refractivity contribution in [3.8, 4) is 0 Å². The van der Waals surface area contributed by atoms with Crippen molar-refractivity contribution in [2.75, 3.05) is 6.67 Å². The van der Waals surface area contributed by atoms with Crippen molar-refractivity contribution in [3.63, 3.8) is 0 Å². The van der Waals surface area contributed by atoms with Gasteiger partial charge in [0, 0.05) is 0 Å². The summed E-state index contributed by atoms with van der Waals surface area (Å²) in [5, 5.41) is 0. The van der Waals surface area contributed by atoms with E-state index in [0.717, 1.165) is 0 Å². The van der Waals surface area contributed by atoms with Crippen molar-refractivity contribution in [1.29, 1.82) is 0 Å².